The van der Waals surface area contributed by atoms with Gasteiger partial charge in [-0.25, -0.2) is 0 Å². The van der Waals surface area contributed by atoms with Gasteiger partial charge in [0.25, 0.3) is 0 Å². The summed E-state index contributed by atoms with van der Waals surface area (Å²) in [7, 11) is 5.95. The van der Waals surface area contributed by atoms with Gasteiger partial charge in [0, 0.05) is 58.5 Å². The molecule has 1 aliphatic heterocycles. The number of halogens is 3. The van der Waals surface area contributed by atoms with Gasteiger partial charge < -0.3 is 9.80 Å². The summed E-state index contributed by atoms with van der Waals surface area (Å²) in [5, 5.41) is 0. The largest absolute Gasteiger partial charge is 0.416 e. The van der Waals surface area contributed by atoms with E-state index >= 15 is 0 Å². The molecule has 4 nitrogen and oxygen atoms in total. The number of likely N-dealkylation sites (N-methyl/N-ethyl adjacent to an activating group) is 2. The first-order valence-corrected chi connectivity index (χ1v) is 15.9. The van der Waals surface area contributed by atoms with Crippen LogP contribution in [0.15, 0.2) is 66.7 Å². The minimum Gasteiger partial charge on any atom is -0.373 e. The van der Waals surface area contributed by atoms with Crippen LogP contribution in [0.3, 0.4) is 0 Å². The highest BCUT2D eigenvalue weighted by atomic mass is 19.4. The summed E-state index contributed by atoms with van der Waals surface area (Å²) >= 11 is 0. The van der Waals surface area contributed by atoms with E-state index in [-0.39, 0.29) is 6.04 Å². The molecule has 3 aromatic carbocycles. The maximum Gasteiger partial charge on any atom is 0.416 e. The van der Waals surface area contributed by atoms with Crippen LogP contribution in [0.4, 0.5) is 18.9 Å². The highest BCUT2D eigenvalue weighted by Crippen LogP contribution is 2.42. The van der Waals surface area contributed by atoms with Gasteiger partial charge in [-0.05, 0) is 97.6 Å². The van der Waals surface area contributed by atoms with E-state index in [2.05, 4.69) is 63.2 Å². The topological polar surface area (TPSA) is 13.0 Å². The number of anilines is 1. The number of hydrogen-bond acceptors (Lipinski definition) is 4. The summed E-state index contributed by atoms with van der Waals surface area (Å²) in [5.74, 6) is 1.45. The third kappa shape index (κ3) is 7.44. The minimum atomic E-state index is -4.37. The highest BCUT2D eigenvalue weighted by Gasteiger charge is 2.35. The number of hydrogen-bond donors (Lipinski definition) is 0. The van der Waals surface area contributed by atoms with Gasteiger partial charge in [-0.2, -0.15) is 13.2 Å². The number of piperazine rings is 1. The fourth-order valence-electron chi connectivity index (χ4n) is 6.47. The van der Waals surface area contributed by atoms with E-state index in [1.807, 2.05) is 26.0 Å². The second kappa shape index (κ2) is 12.6. The summed E-state index contributed by atoms with van der Waals surface area (Å²) in [6.07, 6.45) is 0.789. The maximum atomic E-state index is 14.0. The van der Waals surface area contributed by atoms with Crippen LogP contribution in [0.2, 0.25) is 0 Å². The van der Waals surface area contributed by atoms with Crippen LogP contribution in [-0.2, 0) is 12.7 Å². The monoisotopic (exact) mass is 590 g/mol. The lowest BCUT2D eigenvalue weighted by Gasteiger charge is -2.40. The zero-order valence-electron chi connectivity index (χ0n) is 25.8. The minimum absolute atomic E-state index is 0.142. The van der Waals surface area contributed by atoms with E-state index in [1.165, 1.54) is 54.0 Å². The molecule has 1 heterocycles. The zero-order valence-corrected chi connectivity index (χ0v) is 25.8. The van der Waals surface area contributed by atoms with Gasteiger partial charge in [-0.1, -0.05) is 48.5 Å². The average molecular weight is 591 g/mol. The number of nitrogens with zero attached hydrogens (tertiary/aromatic N) is 4. The Morgan fingerprint density at radius 1 is 0.721 bits per heavy atom. The first kappa shape index (κ1) is 30.2. The molecule has 3 aliphatic rings. The Hall–Kier alpha value is -2.87. The van der Waals surface area contributed by atoms with Crippen LogP contribution in [0.1, 0.15) is 76.9 Å². The van der Waals surface area contributed by atoms with Crippen molar-refractivity contribution >= 4 is 5.69 Å². The Bertz CT molecular complexity index is 1300. The Morgan fingerprint density at radius 2 is 1.26 bits per heavy atom. The van der Waals surface area contributed by atoms with Crippen LogP contribution in [0.5, 0.6) is 0 Å². The van der Waals surface area contributed by atoms with Crippen LogP contribution >= 0.6 is 0 Å². The highest BCUT2D eigenvalue weighted by molar-refractivity contribution is 5.51. The van der Waals surface area contributed by atoms with Crippen molar-refractivity contribution in [2.24, 2.45) is 0 Å². The molecular formula is C36H45F3N4. The molecule has 3 fully saturated rings. The number of alkyl halides is 3. The lowest BCUT2D eigenvalue weighted by atomic mass is 9.93. The molecule has 2 saturated carbocycles. The molecule has 0 spiro atoms. The SMILES string of the molecule is CN(C)CCN(C)c1ccc(C(F)(F)F)c(CN2CCN(C(c3ccc(C4CC4)cc3)c3ccc(C4CC4)cc3)CC2)c1. The van der Waals surface area contributed by atoms with Crippen molar-refractivity contribution in [3.8, 4) is 0 Å². The summed E-state index contributed by atoms with van der Waals surface area (Å²) in [6.45, 7) is 4.97. The molecule has 0 N–H and O–H groups in total. The predicted octanol–water partition coefficient (Wildman–Crippen LogP) is 7.37. The van der Waals surface area contributed by atoms with Crippen molar-refractivity contribution in [2.45, 2.75) is 56.3 Å². The standard InChI is InChI=1S/C36H45F3N4/c1-40(2)18-19-41(3)33-16-17-34(36(37,38)39)32(24-33)25-42-20-22-43(23-21-42)35(30-12-8-28(9-13-30)26-4-5-26)31-14-10-29(11-15-31)27-6-7-27/h8-17,24,26-27,35H,4-7,18-23,25H2,1-3H3. The van der Waals surface area contributed by atoms with Crippen molar-refractivity contribution in [3.63, 3.8) is 0 Å². The molecule has 3 aromatic rings. The summed E-state index contributed by atoms with van der Waals surface area (Å²) < 4.78 is 42.1. The molecular weight excluding hydrogens is 545 g/mol. The smallest absolute Gasteiger partial charge is 0.373 e. The van der Waals surface area contributed by atoms with Gasteiger partial charge in [0.05, 0.1) is 11.6 Å². The Balaban J connectivity index is 1.18. The first-order valence-electron chi connectivity index (χ1n) is 15.9. The van der Waals surface area contributed by atoms with Crippen LogP contribution in [0, 0.1) is 0 Å². The molecule has 230 valence electrons. The van der Waals surface area contributed by atoms with Crippen LogP contribution < -0.4 is 4.90 Å². The van der Waals surface area contributed by atoms with Gasteiger partial charge in [0.15, 0.2) is 0 Å². The van der Waals surface area contributed by atoms with E-state index in [0.717, 1.165) is 56.8 Å². The maximum absolute atomic E-state index is 14.0. The fraction of sp³-hybridized carbons (Fsp3) is 0.500. The average Bonchev–Trinajstić information content (AvgIpc) is 3.91. The molecule has 0 atom stereocenters. The molecule has 6 rings (SSSR count). The van der Waals surface area contributed by atoms with Crippen molar-refractivity contribution in [1.82, 2.24) is 14.7 Å². The summed E-state index contributed by atoms with van der Waals surface area (Å²) in [6, 6.07) is 23.2. The lowest BCUT2D eigenvalue weighted by Crippen LogP contribution is -2.47. The molecule has 7 heteroatoms. The van der Waals surface area contributed by atoms with E-state index in [0.29, 0.717) is 12.1 Å². The van der Waals surface area contributed by atoms with Gasteiger partial charge in [0.2, 0.25) is 0 Å². The predicted molar refractivity (Wildman–Crippen MR) is 169 cm³/mol. The van der Waals surface area contributed by atoms with E-state index in [1.54, 1.807) is 12.1 Å². The van der Waals surface area contributed by atoms with Gasteiger partial charge >= 0.3 is 6.18 Å². The quantitative estimate of drug-likeness (QED) is 0.231. The Morgan fingerprint density at radius 3 is 1.72 bits per heavy atom. The van der Waals surface area contributed by atoms with Crippen LogP contribution in [0.25, 0.3) is 0 Å². The normalized spacial score (nSPS) is 18.5. The third-order valence-corrected chi connectivity index (χ3v) is 9.49. The summed E-state index contributed by atoms with van der Waals surface area (Å²) in [4.78, 5) is 8.82. The molecule has 0 bridgehead atoms. The fourth-order valence-corrected chi connectivity index (χ4v) is 6.47. The molecule has 2 aliphatic carbocycles. The molecule has 0 amide bonds. The van der Waals surface area contributed by atoms with Gasteiger partial charge in [-0.15, -0.1) is 0 Å². The third-order valence-electron chi connectivity index (χ3n) is 9.49. The van der Waals surface area contributed by atoms with Crippen molar-refractivity contribution < 1.29 is 13.2 Å². The molecule has 43 heavy (non-hydrogen) atoms. The van der Waals surface area contributed by atoms with E-state index < -0.39 is 11.7 Å². The molecule has 1 saturated heterocycles. The molecule has 0 unspecified atom stereocenters. The van der Waals surface area contributed by atoms with E-state index in [4.69, 9.17) is 0 Å². The second-order valence-electron chi connectivity index (χ2n) is 13.2. The van der Waals surface area contributed by atoms with Gasteiger partial charge in [-0.3, -0.25) is 9.80 Å². The molecule has 0 radical (unpaired) electrons. The van der Waals surface area contributed by atoms with Crippen molar-refractivity contribution in [1.29, 1.82) is 0 Å². The van der Waals surface area contributed by atoms with Crippen LogP contribution in [-0.4, -0.2) is 75.1 Å². The first-order chi connectivity index (χ1) is 20.7. The van der Waals surface area contributed by atoms with Gasteiger partial charge in [0.1, 0.15) is 0 Å². The van der Waals surface area contributed by atoms with Crippen molar-refractivity contribution in [3.05, 3.63) is 100 Å². The van der Waals surface area contributed by atoms with E-state index in [9.17, 15) is 13.2 Å². The zero-order chi connectivity index (χ0) is 30.1. The lowest BCUT2D eigenvalue weighted by molar-refractivity contribution is -0.138. The summed E-state index contributed by atoms with van der Waals surface area (Å²) in [5.41, 5.74) is 6.13. The van der Waals surface area contributed by atoms with Crippen molar-refractivity contribution in [2.75, 3.05) is 65.3 Å². The number of benzene rings is 3. The number of rotatable bonds is 11. The molecule has 0 aromatic heterocycles. The Labute approximate surface area is 255 Å². The second-order valence-corrected chi connectivity index (χ2v) is 13.2. The Kier molecular flexibility index (Phi) is 8.86.